The SMILES string of the molecule is O=C(NCCc1cc(F)cc2c1OCOC2)N1CCC[C@@H](O)C1. The third kappa shape index (κ3) is 3.92. The number of ether oxygens (including phenoxy) is 2. The van der Waals surface area contributed by atoms with E-state index in [1.807, 2.05) is 0 Å². The Balaban J connectivity index is 1.56. The molecule has 1 fully saturated rings. The first kappa shape index (κ1) is 16.0. The van der Waals surface area contributed by atoms with Crippen LogP contribution in [0.1, 0.15) is 24.0 Å². The highest BCUT2D eigenvalue weighted by Gasteiger charge is 2.22. The molecule has 2 amide bonds. The van der Waals surface area contributed by atoms with Crippen molar-refractivity contribution < 1.29 is 23.8 Å². The Morgan fingerprint density at radius 2 is 2.35 bits per heavy atom. The van der Waals surface area contributed by atoms with E-state index in [9.17, 15) is 14.3 Å². The van der Waals surface area contributed by atoms with E-state index in [-0.39, 0.29) is 18.6 Å². The molecule has 0 radical (unpaired) electrons. The summed E-state index contributed by atoms with van der Waals surface area (Å²) in [7, 11) is 0. The number of nitrogens with one attached hydrogen (secondary N) is 1. The van der Waals surface area contributed by atoms with Gasteiger partial charge in [-0.3, -0.25) is 0 Å². The van der Waals surface area contributed by atoms with Gasteiger partial charge in [0, 0.05) is 25.2 Å². The molecule has 23 heavy (non-hydrogen) atoms. The minimum Gasteiger partial charge on any atom is -0.467 e. The minimum absolute atomic E-state index is 0.156. The van der Waals surface area contributed by atoms with Crippen molar-refractivity contribution >= 4 is 6.03 Å². The van der Waals surface area contributed by atoms with E-state index >= 15 is 0 Å². The number of fused-ring (bicyclic) bond motifs is 1. The van der Waals surface area contributed by atoms with Crippen LogP contribution in [0.25, 0.3) is 0 Å². The molecule has 2 heterocycles. The molecule has 1 atom stereocenters. The van der Waals surface area contributed by atoms with Gasteiger partial charge >= 0.3 is 6.03 Å². The Kier molecular flexibility index (Phi) is 4.97. The monoisotopic (exact) mass is 324 g/mol. The largest absolute Gasteiger partial charge is 0.467 e. The fraction of sp³-hybridized carbons (Fsp3) is 0.562. The zero-order valence-electron chi connectivity index (χ0n) is 12.9. The van der Waals surface area contributed by atoms with Gasteiger partial charge < -0.3 is 24.8 Å². The quantitative estimate of drug-likeness (QED) is 0.882. The number of β-amino-alcohol motifs (C(OH)–C–C–N with tert-alkyl or cyclic N) is 1. The zero-order valence-corrected chi connectivity index (χ0v) is 12.9. The standard InChI is InChI=1S/C16H21FN2O4/c17-13-6-11(15-12(7-13)9-22-10-23-15)3-4-18-16(21)19-5-1-2-14(20)8-19/h6-7,14,20H,1-5,8-10H2,(H,18,21)/t14-/m1/s1. The summed E-state index contributed by atoms with van der Waals surface area (Å²) >= 11 is 0. The van der Waals surface area contributed by atoms with Gasteiger partial charge in [0.2, 0.25) is 0 Å². The lowest BCUT2D eigenvalue weighted by Crippen LogP contribution is -2.47. The second kappa shape index (κ2) is 7.14. The number of amides is 2. The molecule has 2 aliphatic heterocycles. The highest BCUT2D eigenvalue weighted by Crippen LogP contribution is 2.29. The number of carbonyl (C=O) groups excluding carboxylic acids is 1. The molecular formula is C16H21FN2O4. The number of rotatable bonds is 3. The molecule has 0 saturated carbocycles. The van der Waals surface area contributed by atoms with E-state index in [1.165, 1.54) is 12.1 Å². The summed E-state index contributed by atoms with van der Waals surface area (Å²) in [6.07, 6.45) is 1.57. The van der Waals surface area contributed by atoms with Gasteiger partial charge in [0.25, 0.3) is 0 Å². The topological polar surface area (TPSA) is 71.0 Å². The fourth-order valence-corrected chi connectivity index (χ4v) is 3.00. The maximum absolute atomic E-state index is 13.6. The predicted molar refractivity (Wildman–Crippen MR) is 80.6 cm³/mol. The molecule has 3 rings (SSSR count). The number of urea groups is 1. The summed E-state index contributed by atoms with van der Waals surface area (Å²) in [5.74, 6) is 0.318. The molecule has 0 aromatic heterocycles. The number of benzene rings is 1. The van der Waals surface area contributed by atoms with Gasteiger partial charge in [-0.15, -0.1) is 0 Å². The molecule has 2 N–H and O–H groups in total. The molecule has 0 spiro atoms. The van der Waals surface area contributed by atoms with Crippen LogP contribution in [-0.4, -0.2) is 48.6 Å². The van der Waals surface area contributed by atoms with Crippen molar-refractivity contribution in [3.05, 3.63) is 29.1 Å². The van der Waals surface area contributed by atoms with Crippen LogP contribution in [0.4, 0.5) is 9.18 Å². The third-order valence-electron chi connectivity index (χ3n) is 4.11. The number of aliphatic hydroxyl groups is 1. The second-order valence-corrected chi connectivity index (χ2v) is 5.89. The number of hydrogen-bond donors (Lipinski definition) is 2. The molecule has 1 saturated heterocycles. The van der Waals surface area contributed by atoms with E-state index in [2.05, 4.69) is 5.32 Å². The van der Waals surface area contributed by atoms with Crippen molar-refractivity contribution in [1.82, 2.24) is 10.2 Å². The molecule has 0 bridgehead atoms. The van der Waals surface area contributed by atoms with Gasteiger partial charge in [0.15, 0.2) is 6.79 Å². The molecule has 6 nitrogen and oxygen atoms in total. The number of halogens is 1. The number of nitrogens with zero attached hydrogens (tertiary/aromatic N) is 1. The number of aliphatic hydroxyl groups excluding tert-OH is 1. The van der Waals surface area contributed by atoms with E-state index in [1.54, 1.807) is 4.90 Å². The number of piperidine rings is 1. The minimum atomic E-state index is -0.446. The van der Waals surface area contributed by atoms with Crippen molar-refractivity contribution in [2.75, 3.05) is 26.4 Å². The molecule has 1 aromatic rings. The maximum Gasteiger partial charge on any atom is 0.317 e. The predicted octanol–water partition coefficient (Wildman–Crippen LogP) is 1.40. The van der Waals surface area contributed by atoms with Gasteiger partial charge in [-0.25, -0.2) is 9.18 Å². The van der Waals surface area contributed by atoms with Crippen molar-refractivity contribution in [1.29, 1.82) is 0 Å². The summed E-state index contributed by atoms with van der Waals surface area (Å²) in [6, 6.07) is 2.64. The number of carbonyl (C=O) groups is 1. The van der Waals surface area contributed by atoms with Gasteiger partial charge in [0.1, 0.15) is 11.6 Å². The van der Waals surface area contributed by atoms with Gasteiger partial charge in [-0.1, -0.05) is 0 Å². The zero-order chi connectivity index (χ0) is 16.2. The van der Waals surface area contributed by atoms with E-state index in [4.69, 9.17) is 9.47 Å². The van der Waals surface area contributed by atoms with E-state index < -0.39 is 6.10 Å². The Morgan fingerprint density at radius 1 is 1.48 bits per heavy atom. The molecule has 126 valence electrons. The van der Waals surface area contributed by atoms with Crippen molar-refractivity contribution in [3.63, 3.8) is 0 Å². The smallest absolute Gasteiger partial charge is 0.317 e. The van der Waals surface area contributed by atoms with Crippen molar-refractivity contribution in [3.8, 4) is 5.75 Å². The molecule has 1 aromatic carbocycles. The maximum atomic E-state index is 13.6. The van der Waals surface area contributed by atoms with Crippen LogP contribution in [0.5, 0.6) is 5.75 Å². The van der Waals surface area contributed by atoms with Gasteiger partial charge in [-0.2, -0.15) is 0 Å². The summed E-state index contributed by atoms with van der Waals surface area (Å²) in [6.45, 7) is 1.88. The first-order valence-electron chi connectivity index (χ1n) is 7.86. The fourth-order valence-electron chi connectivity index (χ4n) is 3.00. The average molecular weight is 324 g/mol. The van der Waals surface area contributed by atoms with E-state index in [0.29, 0.717) is 44.0 Å². The van der Waals surface area contributed by atoms with E-state index in [0.717, 1.165) is 18.4 Å². The van der Waals surface area contributed by atoms with Crippen LogP contribution in [0.15, 0.2) is 12.1 Å². The van der Waals surface area contributed by atoms with Gasteiger partial charge in [-0.05, 0) is 37.0 Å². The van der Waals surface area contributed by atoms with Crippen LogP contribution in [0.2, 0.25) is 0 Å². The Morgan fingerprint density at radius 3 is 3.17 bits per heavy atom. The van der Waals surface area contributed by atoms with Crippen LogP contribution in [-0.2, 0) is 17.8 Å². The first-order valence-corrected chi connectivity index (χ1v) is 7.86. The number of likely N-dealkylation sites (tertiary alicyclic amines) is 1. The third-order valence-corrected chi connectivity index (χ3v) is 4.11. The Hall–Kier alpha value is -1.86. The van der Waals surface area contributed by atoms with Crippen molar-refractivity contribution in [2.45, 2.75) is 32.0 Å². The molecule has 0 aliphatic carbocycles. The van der Waals surface area contributed by atoms with Crippen LogP contribution in [0.3, 0.4) is 0 Å². The second-order valence-electron chi connectivity index (χ2n) is 5.89. The molecule has 2 aliphatic rings. The first-order chi connectivity index (χ1) is 11.1. The summed E-state index contributed by atoms with van der Waals surface area (Å²) in [4.78, 5) is 13.7. The lowest BCUT2D eigenvalue weighted by Gasteiger charge is -2.30. The number of hydrogen-bond acceptors (Lipinski definition) is 4. The summed E-state index contributed by atoms with van der Waals surface area (Å²) < 4.78 is 24.2. The van der Waals surface area contributed by atoms with Crippen molar-refractivity contribution in [2.24, 2.45) is 0 Å². The Labute approximate surface area is 134 Å². The molecular weight excluding hydrogens is 303 g/mol. The average Bonchev–Trinajstić information content (AvgIpc) is 2.54. The van der Waals surface area contributed by atoms with Gasteiger partial charge in [0.05, 0.1) is 12.7 Å². The molecule has 0 unspecified atom stereocenters. The Bertz CT molecular complexity index is 581. The lowest BCUT2D eigenvalue weighted by molar-refractivity contribution is -0.0172. The highest BCUT2D eigenvalue weighted by atomic mass is 19.1. The summed E-state index contributed by atoms with van der Waals surface area (Å²) in [5.41, 5.74) is 1.42. The van der Waals surface area contributed by atoms with Crippen LogP contribution >= 0.6 is 0 Å². The van der Waals surface area contributed by atoms with Crippen LogP contribution < -0.4 is 10.1 Å². The summed E-state index contributed by atoms with van der Waals surface area (Å²) in [5, 5.41) is 12.4. The lowest BCUT2D eigenvalue weighted by atomic mass is 10.1. The normalized spacial score (nSPS) is 20.6. The highest BCUT2D eigenvalue weighted by molar-refractivity contribution is 5.74. The van der Waals surface area contributed by atoms with Crippen LogP contribution in [0, 0.1) is 5.82 Å². The molecule has 7 heteroatoms.